The van der Waals surface area contributed by atoms with Crippen molar-refractivity contribution in [2.24, 2.45) is 0 Å². The van der Waals surface area contributed by atoms with Crippen LogP contribution in [0, 0.1) is 0 Å². The van der Waals surface area contributed by atoms with Gasteiger partial charge in [0.2, 0.25) is 11.9 Å². The lowest BCUT2D eigenvalue weighted by Crippen LogP contribution is -2.13. The van der Waals surface area contributed by atoms with E-state index in [9.17, 15) is 14.4 Å². The third-order valence-corrected chi connectivity index (χ3v) is 3.26. The number of nitrogens with one attached hydrogen (secondary N) is 2. The second-order valence-corrected chi connectivity index (χ2v) is 5.11. The maximum absolute atomic E-state index is 12.0. The van der Waals surface area contributed by atoms with Crippen LogP contribution in [-0.2, 0) is 9.53 Å². The smallest absolute Gasteiger partial charge is 0.341 e. The SMILES string of the molecule is CC.CC.CCOC(=O)c1cnn(-c2nc3ccccc3c(=O)[nH]2)c1.CNC(C)=O. The lowest BCUT2D eigenvalue weighted by Gasteiger charge is -2.02. The number of carbonyl (C=O) groups is 2. The fourth-order valence-electron chi connectivity index (χ4n) is 1.94. The summed E-state index contributed by atoms with van der Waals surface area (Å²) in [6.45, 7) is 11.5. The second-order valence-electron chi connectivity index (χ2n) is 5.11. The summed E-state index contributed by atoms with van der Waals surface area (Å²) >= 11 is 0. The van der Waals surface area contributed by atoms with Crippen LogP contribution < -0.4 is 10.9 Å². The number of ether oxygens (including phenoxy) is 1. The van der Waals surface area contributed by atoms with E-state index in [4.69, 9.17) is 4.74 Å². The topological polar surface area (TPSA) is 119 Å². The molecule has 0 aliphatic heterocycles. The van der Waals surface area contributed by atoms with Crippen molar-refractivity contribution in [2.75, 3.05) is 13.7 Å². The minimum Gasteiger partial charge on any atom is -0.462 e. The fraction of sp³-hybridized carbons (Fsp3) is 0.381. The molecule has 2 aromatic heterocycles. The number of amides is 1. The van der Waals surface area contributed by atoms with Gasteiger partial charge in [-0.1, -0.05) is 39.8 Å². The number of para-hydroxylation sites is 1. The van der Waals surface area contributed by atoms with Crippen molar-refractivity contribution in [3.63, 3.8) is 0 Å². The number of hydrogen-bond acceptors (Lipinski definition) is 6. The van der Waals surface area contributed by atoms with Gasteiger partial charge in [0, 0.05) is 20.2 Å². The summed E-state index contributed by atoms with van der Waals surface area (Å²) in [5.74, 6) is -0.217. The van der Waals surface area contributed by atoms with E-state index < -0.39 is 5.97 Å². The van der Waals surface area contributed by atoms with Crippen LogP contribution in [0.25, 0.3) is 16.9 Å². The average molecular weight is 418 g/mol. The van der Waals surface area contributed by atoms with E-state index in [-0.39, 0.29) is 24.0 Å². The van der Waals surface area contributed by atoms with Crippen LogP contribution in [0.3, 0.4) is 0 Å². The van der Waals surface area contributed by atoms with Crippen molar-refractivity contribution in [2.45, 2.75) is 41.5 Å². The lowest BCUT2D eigenvalue weighted by atomic mass is 10.2. The summed E-state index contributed by atoms with van der Waals surface area (Å²) in [6.07, 6.45) is 2.83. The van der Waals surface area contributed by atoms with Crippen LogP contribution in [0.2, 0.25) is 0 Å². The van der Waals surface area contributed by atoms with Crippen molar-refractivity contribution >= 4 is 22.8 Å². The van der Waals surface area contributed by atoms with Gasteiger partial charge in [-0.15, -0.1) is 0 Å². The first-order valence-corrected chi connectivity index (χ1v) is 9.85. The highest BCUT2D eigenvalue weighted by atomic mass is 16.5. The first-order valence-electron chi connectivity index (χ1n) is 9.85. The molecule has 0 saturated carbocycles. The van der Waals surface area contributed by atoms with E-state index in [0.717, 1.165) is 0 Å². The standard InChI is InChI=1S/C14H12N4O3.C3H7NO.2C2H6/c1-2-21-13(20)9-7-15-18(8-9)14-16-11-6-4-3-5-10(11)12(19)17-14;1-3(5)4-2;2*1-2/h3-8H,2H2,1H3,(H,16,17,19);1-2H3,(H,4,5);2*1-2H3. The minimum atomic E-state index is -0.466. The van der Waals surface area contributed by atoms with Crippen molar-refractivity contribution in [3.05, 3.63) is 52.6 Å². The van der Waals surface area contributed by atoms with E-state index in [0.29, 0.717) is 16.5 Å². The van der Waals surface area contributed by atoms with E-state index >= 15 is 0 Å². The molecule has 30 heavy (non-hydrogen) atoms. The zero-order chi connectivity index (χ0) is 23.1. The Morgan fingerprint density at radius 2 is 1.77 bits per heavy atom. The summed E-state index contributed by atoms with van der Waals surface area (Å²) in [5, 5.41) is 6.91. The third kappa shape index (κ3) is 7.86. The molecule has 0 unspecified atom stereocenters. The molecule has 0 saturated heterocycles. The number of aromatic nitrogens is 4. The molecular formula is C21H31N5O4. The predicted molar refractivity (Wildman–Crippen MR) is 118 cm³/mol. The van der Waals surface area contributed by atoms with Gasteiger partial charge < -0.3 is 10.1 Å². The van der Waals surface area contributed by atoms with Crippen LogP contribution in [0.5, 0.6) is 0 Å². The molecule has 3 aromatic rings. The first-order chi connectivity index (χ1) is 14.5. The molecule has 0 radical (unpaired) electrons. The van der Waals surface area contributed by atoms with Gasteiger partial charge in [-0.3, -0.25) is 14.6 Å². The van der Waals surface area contributed by atoms with E-state index in [1.165, 1.54) is 24.0 Å². The molecule has 0 fully saturated rings. The summed E-state index contributed by atoms with van der Waals surface area (Å²) in [7, 11) is 1.60. The number of H-pyrrole nitrogens is 1. The largest absolute Gasteiger partial charge is 0.462 e. The Kier molecular flexibility index (Phi) is 12.8. The first kappa shape index (κ1) is 26.5. The third-order valence-electron chi connectivity index (χ3n) is 3.26. The van der Waals surface area contributed by atoms with Gasteiger partial charge in [0.1, 0.15) is 0 Å². The number of hydrogen-bond donors (Lipinski definition) is 2. The summed E-state index contributed by atoms with van der Waals surface area (Å²) in [4.78, 5) is 40.2. The Morgan fingerprint density at radius 1 is 1.17 bits per heavy atom. The van der Waals surface area contributed by atoms with Crippen molar-refractivity contribution < 1.29 is 14.3 Å². The van der Waals surface area contributed by atoms with Gasteiger partial charge >= 0.3 is 5.97 Å². The molecular weight excluding hydrogens is 386 g/mol. The zero-order valence-electron chi connectivity index (χ0n) is 18.6. The van der Waals surface area contributed by atoms with Crippen molar-refractivity contribution in [1.82, 2.24) is 25.1 Å². The van der Waals surface area contributed by atoms with Gasteiger partial charge in [0.25, 0.3) is 5.56 Å². The molecule has 1 aromatic carbocycles. The number of aromatic amines is 1. The molecule has 0 bridgehead atoms. The molecule has 0 aliphatic rings. The Balaban J connectivity index is 0.000000808. The second kappa shape index (κ2) is 14.5. The van der Waals surface area contributed by atoms with Gasteiger partial charge in [-0.2, -0.15) is 5.10 Å². The van der Waals surface area contributed by atoms with Crippen molar-refractivity contribution in [3.8, 4) is 5.95 Å². The maximum Gasteiger partial charge on any atom is 0.341 e. The molecule has 2 heterocycles. The number of carbonyl (C=O) groups excluding carboxylic acids is 2. The van der Waals surface area contributed by atoms with Crippen molar-refractivity contribution in [1.29, 1.82) is 0 Å². The Labute approximate surface area is 176 Å². The minimum absolute atomic E-state index is 0.00463. The van der Waals surface area contributed by atoms with Crippen LogP contribution in [-0.4, -0.2) is 45.3 Å². The molecule has 0 spiro atoms. The zero-order valence-corrected chi connectivity index (χ0v) is 18.6. The van der Waals surface area contributed by atoms with Crippen LogP contribution in [0.15, 0.2) is 41.5 Å². The van der Waals surface area contributed by atoms with E-state index in [2.05, 4.69) is 20.4 Å². The number of rotatable bonds is 3. The Morgan fingerprint density at radius 3 is 2.33 bits per heavy atom. The number of esters is 1. The maximum atomic E-state index is 12.0. The predicted octanol–water partition coefficient (Wildman–Crippen LogP) is 3.09. The van der Waals surface area contributed by atoms with Gasteiger partial charge in [-0.25, -0.2) is 14.5 Å². The normalized spacial score (nSPS) is 9.03. The Bertz CT molecular complexity index is 979. The van der Waals surface area contributed by atoms with Crippen LogP contribution >= 0.6 is 0 Å². The monoisotopic (exact) mass is 417 g/mol. The quantitative estimate of drug-likeness (QED) is 0.632. The number of fused-ring (bicyclic) bond motifs is 1. The van der Waals surface area contributed by atoms with Gasteiger partial charge in [0.05, 0.1) is 29.3 Å². The Hall–Kier alpha value is -3.49. The summed E-state index contributed by atoms with van der Waals surface area (Å²) < 4.78 is 6.22. The molecule has 3 rings (SSSR count). The average Bonchev–Trinajstić information content (AvgIpc) is 3.28. The van der Waals surface area contributed by atoms with Gasteiger partial charge in [0.15, 0.2) is 0 Å². The highest BCUT2D eigenvalue weighted by Gasteiger charge is 2.12. The van der Waals surface area contributed by atoms with E-state index in [1.807, 2.05) is 27.7 Å². The molecule has 164 valence electrons. The molecule has 0 aliphatic carbocycles. The van der Waals surface area contributed by atoms with Crippen LogP contribution in [0.1, 0.15) is 51.9 Å². The molecule has 9 nitrogen and oxygen atoms in total. The summed E-state index contributed by atoms with van der Waals surface area (Å²) in [5.41, 5.74) is 0.598. The highest BCUT2D eigenvalue weighted by Crippen LogP contribution is 2.09. The fourth-order valence-corrected chi connectivity index (χ4v) is 1.94. The summed E-state index contributed by atoms with van der Waals surface area (Å²) in [6, 6.07) is 7.00. The van der Waals surface area contributed by atoms with E-state index in [1.54, 1.807) is 38.2 Å². The van der Waals surface area contributed by atoms with Crippen LogP contribution in [0.4, 0.5) is 0 Å². The number of benzene rings is 1. The molecule has 2 N–H and O–H groups in total. The number of nitrogens with zero attached hydrogens (tertiary/aromatic N) is 3. The molecule has 0 atom stereocenters. The van der Waals surface area contributed by atoms with Gasteiger partial charge in [-0.05, 0) is 19.1 Å². The molecule has 1 amide bonds. The lowest BCUT2D eigenvalue weighted by molar-refractivity contribution is -0.118. The highest BCUT2D eigenvalue weighted by molar-refractivity contribution is 5.88. The molecule has 9 heteroatoms.